The number of benzene rings is 1. The summed E-state index contributed by atoms with van der Waals surface area (Å²) in [4.78, 5) is 7.94. The van der Waals surface area contributed by atoms with Crippen molar-refractivity contribution in [1.82, 2.24) is 9.97 Å². The zero-order valence-corrected chi connectivity index (χ0v) is 9.78. The van der Waals surface area contributed by atoms with Crippen molar-refractivity contribution in [2.24, 2.45) is 0 Å². The first-order valence-corrected chi connectivity index (χ1v) is 5.43. The summed E-state index contributed by atoms with van der Waals surface area (Å²) in [6, 6.07) is 4.76. The van der Waals surface area contributed by atoms with E-state index >= 15 is 0 Å². The van der Waals surface area contributed by atoms with Crippen LogP contribution in [-0.4, -0.2) is 9.97 Å². The van der Waals surface area contributed by atoms with Gasteiger partial charge >= 0.3 is 6.18 Å². The van der Waals surface area contributed by atoms with Crippen molar-refractivity contribution in [2.45, 2.75) is 12.7 Å². The Balaban J connectivity index is 1.98. The Morgan fingerprint density at radius 2 is 1.63 bits per heavy atom. The Morgan fingerprint density at radius 3 is 2.16 bits per heavy atom. The van der Waals surface area contributed by atoms with Gasteiger partial charge in [-0.1, -0.05) is 0 Å². The van der Waals surface area contributed by atoms with E-state index in [1.807, 2.05) is 0 Å². The van der Waals surface area contributed by atoms with Crippen molar-refractivity contribution in [3.63, 3.8) is 0 Å². The van der Waals surface area contributed by atoms with E-state index in [1.54, 1.807) is 0 Å². The van der Waals surface area contributed by atoms with E-state index in [2.05, 4.69) is 15.3 Å². The van der Waals surface area contributed by atoms with E-state index in [0.29, 0.717) is 23.7 Å². The summed E-state index contributed by atoms with van der Waals surface area (Å²) in [6.45, 7) is 0.311. The van der Waals surface area contributed by atoms with E-state index in [9.17, 15) is 13.2 Å². The lowest BCUT2D eigenvalue weighted by molar-refractivity contribution is -0.137. The summed E-state index contributed by atoms with van der Waals surface area (Å²) in [5, 5.41) is 2.93. The summed E-state index contributed by atoms with van der Waals surface area (Å²) in [5.41, 5.74) is 5.78. The van der Waals surface area contributed by atoms with Gasteiger partial charge in [0.05, 0.1) is 30.2 Å². The van der Waals surface area contributed by atoms with E-state index < -0.39 is 11.7 Å². The molecule has 0 bridgehead atoms. The summed E-state index contributed by atoms with van der Waals surface area (Å²) < 4.78 is 37.1. The Labute approximate surface area is 107 Å². The van der Waals surface area contributed by atoms with Gasteiger partial charge in [0.1, 0.15) is 5.82 Å². The number of nitrogens with one attached hydrogen (secondary N) is 1. The molecule has 0 aliphatic heterocycles. The SMILES string of the molecule is Nc1cnc(CNc2ccc(C(F)(F)F)cc2)nc1. The molecule has 0 aliphatic rings. The van der Waals surface area contributed by atoms with E-state index in [-0.39, 0.29) is 0 Å². The number of nitrogens with zero attached hydrogens (tertiary/aromatic N) is 2. The lowest BCUT2D eigenvalue weighted by Crippen LogP contribution is -2.06. The number of halogens is 3. The topological polar surface area (TPSA) is 63.8 Å². The van der Waals surface area contributed by atoms with Crippen LogP contribution >= 0.6 is 0 Å². The van der Waals surface area contributed by atoms with Crippen LogP contribution in [0.4, 0.5) is 24.5 Å². The van der Waals surface area contributed by atoms with Crippen LogP contribution < -0.4 is 11.1 Å². The molecule has 0 unspecified atom stereocenters. The predicted molar refractivity (Wildman–Crippen MR) is 65.2 cm³/mol. The van der Waals surface area contributed by atoms with E-state index in [0.717, 1.165) is 12.1 Å². The average Bonchev–Trinajstić information content (AvgIpc) is 2.37. The normalized spacial score (nSPS) is 11.3. The van der Waals surface area contributed by atoms with E-state index in [4.69, 9.17) is 5.73 Å². The second kappa shape index (κ2) is 5.13. The number of hydrogen-bond donors (Lipinski definition) is 2. The van der Waals surface area contributed by atoms with Gasteiger partial charge in [-0.05, 0) is 24.3 Å². The Hall–Kier alpha value is -2.31. The molecule has 2 rings (SSSR count). The molecule has 1 aromatic carbocycles. The number of nitrogens with two attached hydrogens (primary N) is 1. The number of aromatic nitrogens is 2. The van der Waals surface area contributed by atoms with Crippen LogP contribution in [0.1, 0.15) is 11.4 Å². The molecular formula is C12H11F3N4. The molecule has 100 valence electrons. The molecule has 1 aromatic heterocycles. The lowest BCUT2D eigenvalue weighted by atomic mass is 10.2. The Bertz CT molecular complexity index is 534. The van der Waals surface area contributed by atoms with Crippen molar-refractivity contribution in [3.05, 3.63) is 48.0 Å². The Morgan fingerprint density at radius 1 is 1.05 bits per heavy atom. The smallest absolute Gasteiger partial charge is 0.396 e. The summed E-state index contributed by atoms with van der Waals surface area (Å²) in [6.07, 6.45) is -1.38. The van der Waals surface area contributed by atoms with Crippen LogP contribution in [-0.2, 0) is 12.7 Å². The third kappa shape index (κ3) is 3.57. The molecule has 19 heavy (non-hydrogen) atoms. The van der Waals surface area contributed by atoms with Gasteiger partial charge in [-0.2, -0.15) is 13.2 Å². The maximum absolute atomic E-state index is 12.4. The first kappa shape index (κ1) is 13.1. The summed E-state index contributed by atoms with van der Waals surface area (Å²) >= 11 is 0. The molecule has 0 radical (unpaired) electrons. The molecule has 4 nitrogen and oxygen atoms in total. The van der Waals surface area contributed by atoms with Crippen molar-refractivity contribution < 1.29 is 13.2 Å². The molecule has 0 spiro atoms. The van der Waals surface area contributed by atoms with Crippen LogP contribution in [0, 0.1) is 0 Å². The summed E-state index contributed by atoms with van der Waals surface area (Å²) in [7, 11) is 0. The number of hydrogen-bond acceptors (Lipinski definition) is 4. The van der Waals surface area contributed by atoms with Crippen LogP contribution in [0.5, 0.6) is 0 Å². The quantitative estimate of drug-likeness (QED) is 0.898. The van der Waals surface area contributed by atoms with Gasteiger partial charge in [-0.25, -0.2) is 9.97 Å². The van der Waals surface area contributed by atoms with Crippen LogP contribution in [0.3, 0.4) is 0 Å². The zero-order valence-electron chi connectivity index (χ0n) is 9.78. The minimum atomic E-state index is -4.32. The van der Waals surface area contributed by atoms with E-state index in [1.165, 1.54) is 24.5 Å². The zero-order chi connectivity index (χ0) is 13.9. The van der Waals surface area contributed by atoms with Crippen LogP contribution in [0.15, 0.2) is 36.7 Å². The highest BCUT2D eigenvalue weighted by molar-refractivity contribution is 5.45. The van der Waals surface area contributed by atoms with Gasteiger partial charge in [0.2, 0.25) is 0 Å². The average molecular weight is 268 g/mol. The van der Waals surface area contributed by atoms with Gasteiger partial charge in [-0.3, -0.25) is 0 Å². The molecular weight excluding hydrogens is 257 g/mol. The predicted octanol–water partition coefficient (Wildman–Crippen LogP) is 2.69. The maximum atomic E-state index is 12.4. The first-order valence-electron chi connectivity index (χ1n) is 5.43. The second-order valence-electron chi connectivity index (χ2n) is 3.86. The molecule has 0 aliphatic carbocycles. The first-order chi connectivity index (χ1) is 8.95. The molecule has 7 heteroatoms. The highest BCUT2D eigenvalue weighted by Crippen LogP contribution is 2.29. The van der Waals surface area contributed by atoms with Gasteiger partial charge in [0, 0.05) is 5.69 Å². The lowest BCUT2D eigenvalue weighted by Gasteiger charge is -2.09. The maximum Gasteiger partial charge on any atom is 0.416 e. The highest BCUT2D eigenvalue weighted by atomic mass is 19.4. The molecule has 1 heterocycles. The van der Waals surface area contributed by atoms with Crippen molar-refractivity contribution in [3.8, 4) is 0 Å². The largest absolute Gasteiger partial charge is 0.416 e. The monoisotopic (exact) mass is 268 g/mol. The van der Waals surface area contributed by atoms with Crippen molar-refractivity contribution in [1.29, 1.82) is 0 Å². The van der Waals surface area contributed by atoms with Crippen LogP contribution in [0.25, 0.3) is 0 Å². The van der Waals surface area contributed by atoms with Crippen LogP contribution in [0.2, 0.25) is 0 Å². The van der Waals surface area contributed by atoms with Crippen molar-refractivity contribution in [2.75, 3.05) is 11.1 Å². The number of anilines is 2. The van der Waals surface area contributed by atoms with Gasteiger partial charge in [-0.15, -0.1) is 0 Å². The van der Waals surface area contributed by atoms with Gasteiger partial charge in [0.15, 0.2) is 0 Å². The minimum absolute atomic E-state index is 0.311. The molecule has 0 atom stereocenters. The molecule has 0 saturated carbocycles. The standard InChI is InChI=1S/C12H11F3N4/c13-12(14,15)8-1-3-10(4-2-8)17-7-11-18-5-9(16)6-19-11/h1-6,17H,7,16H2. The number of rotatable bonds is 3. The highest BCUT2D eigenvalue weighted by Gasteiger charge is 2.29. The molecule has 0 fully saturated rings. The molecule has 2 aromatic rings. The third-order valence-electron chi connectivity index (χ3n) is 2.39. The minimum Gasteiger partial charge on any atom is -0.396 e. The van der Waals surface area contributed by atoms with Gasteiger partial charge < -0.3 is 11.1 Å². The van der Waals surface area contributed by atoms with Gasteiger partial charge in [0.25, 0.3) is 0 Å². The fourth-order valence-corrected chi connectivity index (χ4v) is 1.41. The molecule has 0 saturated heterocycles. The number of nitrogen functional groups attached to an aromatic ring is 1. The molecule has 3 N–H and O–H groups in total. The second-order valence-corrected chi connectivity index (χ2v) is 3.86. The fourth-order valence-electron chi connectivity index (χ4n) is 1.41. The third-order valence-corrected chi connectivity index (χ3v) is 2.39. The Kier molecular flexibility index (Phi) is 3.55. The fraction of sp³-hybridized carbons (Fsp3) is 0.167. The summed E-state index contributed by atoms with van der Waals surface area (Å²) in [5.74, 6) is 0.508. The number of alkyl halides is 3. The molecule has 0 amide bonds. The van der Waals surface area contributed by atoms with Crippen molar-refractivity contribution >= 4 is 11.4 Å².